The summed E-state index contributed by atoms with van der Waals surface area (Å²) in [6, 6.07) is 7.29. The standard InChI is InChI=1S/C29H26F3N7O/c1-2-3-12-37-13-4-5-22(37)27-36-24(25-26(33)35-11-15-39(25)27)19-6-7-21-18(16-19)9-14-38(28(21)40)23-17-20(8-10-34-23)29(30,31)32/h6-8,10-11,15-17,22H,4-5,9,12-14H2,1H3,(H2,33,35). The smallest absolute Gasteiger partial charge is 0.382 e. The molecule has 3 aromatic heterocycles. The minimum atomic E-state index is -4.52. The summed E-state index contributed by atoms with van der Waals surface area (Å²) in [6.45, 7) is 3.63. The fourth-order valence-electron chi connectivity index (χ4n) is 5.61. The number of halogens is 3. The number of nitrogen functional groups attached to an aromatic ring is 1. The highest BCUT2D eigenvalue weighted by Crippen LogP contribution is 2.37. The highest BCUT2D eigenvalue weighted by molar-refractivity contribution is 6.08. The van der Waals surface area contributed by atoms with Gasteiger partial charge in [0.05, 0.1) is 18.2 Å². The van der Waals surface area contributed by atoms with E-state index in [1.165, 1.54) is 4.90 Å². The number of rotatable bonds is 4. The van der Waals surface area contributed by atoms with Crippen LogP contribution in [0.4, 0.5) is 24.8 Å². The molecule has 4 aromatic rings. The van der Waals surface area contributed by atoms with Gasteiger partial charge < -0.3 is 5.73 Å². The molecule has 40 heavy (non-hydrogen) atoms. The molecule has 6 rings (SSSR count). The summed E-state index contributed by atoms with van der Waals surface area (Å²) in [5.74, 6) is 6.93. The Balaban J connectivity index is 1.37. The molecule has 1 unspecified atom stereocenters. The first kappa shape index (κ1) is 25.8. The number of amides is 1. The number of nitrogens with zero attached hydrogens (tertiary/aromatic N) is 6. The third-order valence-corrected chi connectivity index (χ3v) is 7.54. The molecule has 1 saturated heterocycles. The Morgan fingerprint density at radius 1 is 1.12 bits per heavy atom. The van der Waals surface area contributed by atoms with Crippen LogP contribution in [0.25, 0.3) is 16.8 Å². The first-order chi connectivity index (χ1) is 19.3. The molecule has 2 N–H and O–H groups in total. The summed E-state index contributed by atoms with van der Waals surface area (Å²) < 4.78 is 41.7. The molecule has 0 saturated carbocycles. The molecule has 0 spiro atoms. The van der Waals surface area contributed by atoms with Crippen LogP contribution in [0.2, 0.25) is 0 Å². The van der Waals surface area contributed by atoms with Gasteiger partial charge in [0.2, 0.25) is 0 Å². The fourth-order valence-corrected chi connectivity index (χ4v) is 5.61. The molecule has 204 valence electrons. The zero-order valence-electron chi connectivity index (χ0n) is 21.7. The number of pyridine rings is 1. The zero-order valence-corrected chi connectivity index (χ0v) is 21.7. The summed E-state index contributed by atoms with van der Waals surface area (Å²) in [4.78, 5) is 30.3. The second-order valence-electron chi connectivity index (χ2n) is 9.88. The molecule has 0 radical (unpaired) electrons. The Kier molecular flexibility index (Phi) is 6.43. The van der Waals surface area contributed by atoms with Gasteiger partial charge in [0.25, 0.3) is 5.91 Å². The number of fused-ring (bicyclic) bond motifs is 2. The summed E-state index contributed by atoms with van der Waals surface area (Å²) in [7, 11) is 0. The lowest BCUT2D eigenvalue weighted by Crippen LogP contribution is -2.38. The molecule has 8 nitrogen and oxygen atoms in total. The van der Waals surface area contributed by atoms with Gasteiger partial charge in [-0.1, -0.05) is 12.0 Å². The quantitative estimate of drug-likeness (QED) is 0.372. The van der Waals surface area contributed by atoms with E-state index in [4.69, 9.17) is 10.7 Å². The van der Waals surface area contributed by atoms with Gasteiger partial charge in [-0.25, -0.2) is 15.0 Å². The van der Waals surface area contributed by atoms with Gasteiger partial charge in [-0.15, -0.1) is 5.92 Å². The van der Waals surface area contributed by atoms with E-state index in [1.807, 2.05) is 23.6 Å². The van der Waals surface area contributed by atoms with Gasteiger partial charge >= 0.3 is 6.18 Å². The second-order valence-corrected chi connectivity index (χ2v) is 9.88. The van der Waals surface area contributed by atoms with Crippen molar-refractivity contribution in [3.05, 3.63) is 71.4 Å². The molecule has 0 bridgehead atoms. The minimum Gasteiger partial charge on any atom is -0.382 e. The van der Waals surface area contributed by atoms with E-state index in [0.717, 1.165) is 54.7 Å². The number of hydrogen-bond donors (Lipinski definition) is 1. The minimum absolute atomic E-state index is 0.0213. The van der Waals surface area contributed by atoms with Gasteiger partial charge in [-0.2, -0.15) is 13.2 Å². The first-order valence-corrected chi connectivity index (χ1v) is 13.0. The van der Waals surface area contributed by atoms with E-state index < -0.39 is 17.6 Å². The van der Waals surface area contributed by atoms with Gasteiger partial charge in [0.15, 0.2) is 0 Å². The van der Waals surface area contributed by atoms with Crippen LogP contribution in [0, 0.1) is 11.8 Å². The Morgan fingerprint density at radius 2 is 1.98 bits per heavy atom. The zero-order chi connectivity index (χ0) is 28.0. The van der Waals surface area contributed by atoms with Crippen molar-refractivity contribution in [3.63, 3.8) is 0 Å². The second kappa shape index (κ2) is 9.95. The first-order valence-electron chi connectivity index (χ1n) is 13.0. The lowest BCUT2D eigenvalue weighted by Gasteiger charge is -2.28. The molecule has 1 atom stereocenters. The van der Waals surface area contributed by atoms with Crippen molar-refractivity contribution in [1.82, 2.24) is 24.3 Å². The molecule has 1 amide bonds. The predicted molar refractivity (Wildman–Crippen MR) is 144 cm³/mol. The van der Waals surface area contributed by atoms with Crippen LogP contribution in [0.1, 0.15) is 53.1 Å². The third-order valence-electron chi connectivity index (χ3n) is 7.54. The number of aromatic nitrogens is 4. The van der Waals surface area contributed by atoms with Crippen molar-refractivity contribution >= 4 is 23.1 Å². The number of hydrogen-bond acceptors (Lipinski definition) is 6. The number of nitrogens with two attached hydrogens (primary N) is 1. The molecule has 2 aliphatic heterocycles. The van der Waals surface area contributed by atoms with Crippen LogP contribution in [-0.2, 0) is 12.6 Å². The molecular weight excluding hydrogens is 519 g/mol. The van der Waals surface area contributed by atoms with Crippen LogP contribution < -0.4 is 10.6 Å². The lowest BCUT2D eigenvalue weighted by molar-refractivity contribution is -0.137. The van der Waals surface area contributed by atoms with E-state index in [2.05, 4.69) is 26.7 Å². The Bertz CT molecular complexity index is 1680. The van der Waals surface area contributed by atoms with Crippen LogP contribution in [0.5, 0.6) is 0 Å². The van der Waals surface area contributed by atoms with Crippen molar-refractivity contribution in [3.8, 4) is 23.1 Å². The van der Waals surface area contributed by atoms with Crippen LogP contribution in [-0.4, -0.2) is 49.8 Å². The number of imidazole rings is 1. The Labute approximate surface area is 228 Å². The van der Waals surface area contributed by atoms with E-state index in [9.17, 15) is 18.0 Å². The number of carbonyl (C=O) groups is 1. The van der Waals surface area contributed by atoms with Crippen molar-refractivity contribution in [2.24, 2.45) is 0 Å². The number of likely N-dealkylation sites (tertiary alicyclic amines) is 1. The van der Waals surface area contributed by atoms with Crippen LogP contribution in [0.15, 0.2) is 48.9 Å². The number of anilines is 2. The molecule has 0 aliphatic carbocycles. The maximum Gasteiger partial charge on any atom is 0.416 e. The maximum atomic E-state index is 13.3. The van der Waals surface area contributed by atoms with Gasteiger partial charge in [-0.05, 0) is 62.6 Å². The van der Waals surface area contributed by atoms with Crippen molar-refractivity contribution < 1.29 is 18.0 Å². The number of carbonyl (C=O) groups excluding carboxylic acids is 1. The van der Waals surface area contributed by atoms with E-state index >= 15 is 0 Å². The largest absolute Gasteiger partial charge is 0.416 e. The van der Waals surface area contributed by atoms with E-state index in [1.54, 1.807) is 18.3 Å². The van der Waals surface area contributed by atoms with E-state index in [-0.39, 0.29) is 18.4 Å². The molecule has 2 aliphatic rings. The monoisotopic (exact) mass is 545 g/mol. The van der Waals surface area contributed by atoms with Crippen molar-refractivity contribution in [2.45, 2.75) is 38.4 Å². The summed E-state index contributed by atoms with van der Waals surface area (Å²) in [6.07, 6.45) is 2.51. The van der Waals surface area contributed by atoms with Gasteiger partial charge in [0, 0.05) is 36.3 Å². The predicted octanol–water partition coefficient (Wildman–Crippen LogP) is 4.76. The topological polar surface area (TPSA) is 92.7 Å². The number of alkyl halides is 3. The summed E-state index contributed by atoms with van der Waals surface area (Å²) in [5.41, 5.74) is 8.87. The molecule has 11 heteroatoms. The Hall–Kier alpha value is -4.43. The fraction of sp³-hybridized carbons (Fsp3) is 0.310. The summed E-state index contributed by atoms with van der Waals surface area (Å²) >= 11 is 0. The normalized spacial score (nSPS) is 17.6. The molecule has 5 heterocycles. The maximum absolute atomic E-state index is 13.3. The third kappa shape index (κ3) is 4.44. The molecular formula is C29H26F3N7O. The van der Waals surface area contributed by atoms with Gasteiger partial charge in [0.1, 0.15) is 28.7 Å². The SMILES string of the molecule is CC#CCN1CCCC1c1nc(-c2ccc3c(c2)CCN(c2cc(C(F)(F)F)ccn2)C3=O)c2c(N)nccn12. The highest BCUT2D eigenvalue weighted by Gasteiger charge is 2.34. The van der Waals surface area contributed by atoms with Gasteiger partial charge in [-0.3, -0.25) is 19.0 Å². The van der Waals surface area contributed by atoms with E-state index in [0.29, 0.717) is 35.6 Å². The highest BCUT2D eigenvalue weighted by atomic mass is 19.4. The van der Waals surface area contributed by atoms with Crippen molar-refractivity contribution in [1.29, 1.82) is 0 Å². The average Bonchev–Trinajstić information content (AvgIpc) is 3.57. The average molecular weight is 546 g/mol. The lowest BCUT2D eigenvalue weighted by atomic mass is 9.95. The van der Waals surface area contributed by atoms with Crippen LogP contribution >= 0.6 is 0 Å². The molecule has 1 aromatic carbocycles. The summed E-state index contributed by atoms with van der Waals surface area (Å²) in [5, 5.41) is 0. The van der Waals surface area contributed by atoms with Crippen molar-refractivity contribution in [2.75, 3.05) is 30.3 Å². The van der Waals surface area contributed by atoms with Crippen LogP contribution in [0.3, 0.4) is 0 Å². The Morgan fingerprint density at radius 3 is 2.77 bits per heavy atom. The number of benzene rings is 1. The molecule has 1 fully saturated rings.